The lowest BCUT2D eigenvalue weighted by atomic mass is 10.0. The summed E-state index contributed by atoms with van der Waals surface area (Å²) in [6.07, 6.45) is 3.42. The first-order chi connectivity index (χ1) is 7.74. The van der Waals surface area contributed by atoms with Gasteiger partial charge in [0.2, 0.25) is 0 Å². The van der Waals surface area contributed by atoms with E-state index in [1.807, 2.05) is 13.1 Å². The first-order valence-electron chi connectivity index (χ1n) is 5.29. The highest BCUT2D eigenvalue weighted by atomic mass is 15.0. The molecule has 1 N–H and O–H groups in total. The van der Waals surface area contributed by atoms with Gasteiger partial charge in [0.1, 0.15) is 5.69 Å². The lowest BCUT2D eigenvalue weighted by molar-refractivity contribution is 1.18. The molecule has 0 atom stereocenters. The standard InChI is InChI=1S/C13H15N3/c1-9-5-4-6-11(10(9)2)12-13(14-3)16-8-7-15-12/h4-8H,1-3H3,(H,14,16). The van der Waals surface area contributed by atoms with Gasteiger partial charge in [-0.25, -0.2) is 4.98 Å². The molecule has 2 rings (SSSR count). The number of aromatic nitrogens is 2. The number of anilines is 1. The predicted molar refractivity (Wildman–Crippen MR) is 66.5 cm³/mol. The van der Waals surface area contributed by atoms with Crippen molar-refractivity contribution >= 4 is 5.82 Å². The second-order valence-corrected chi connectivity index (χ2v) is 3.75. The number of hydrogen-bond acceptors (Lipinski definition) is 3. The lowest BCUT2D eigenvalue weighted by Crippen LogP contribution is -1.99. The minimum absolute atomic E-state index is 0.816. The molecule has 0 amide bonds. The summed E-state index contributed by atoms with van der Waals surface area (Å²) in [6.45, 7) is 4.22. The van der Waals surface area contributed by atoms with Gasteiger partial charge in [-0.15, -0.1) is 0 Å². The summed E-state index contributed by atoms with van der Waals surface area (Å²) >= 11 is 0. The highest BCUT2D eigenvalue weighted by molar-refractivity contribution is 5.74. The van der Waals surface area contributed by atoms with E-state index in [2.05, 4.69) is 41.3 Å². The zero-order chi connectivity index (χ0) is 11.5. The second kappa shape index (κ2) is 4.31. The zero-order valence-corrected chi connectivity index (χ0v) is 9.78. The van der Waals surface area contributed by atoms with Crippen LogP contribution < -0.4 is 5.32 Å². The molecule has 3 nitrogen and oxygen atoms in total. The van der Waals surface area contributed by atoms with E-state index in [1.54, 1.807) is 12.4 Å². The summed E-state index contributed by atoms with van der Waals surface area (Å²) in [7, 11) is 1.86. The molecule has 0 bridgehead atoms. The molecule has 2 aromatic rings. The summed E-state index contributed by atoms with van der Waals surface area (Å²) < 4.78 is 0. The van der Waals surface area contributed by atoms with E-state index >= 15 is 0 Å². The quantitative estimate of drug-likeness (QED) is 0.833. The maximum Gasteiger partial charge on any atom is 0.152 e. The van der Waals surface area contributed by atoms with Crippen LogP contribution in [-0.2, 0) is 0 Å². The molecule has 0 aliphatic carbocycles. The van der Waals surface area contributed by atoms with Crippen LogP contribution in [-0.4, -0.2) is 17.0 Å². The molecule has 1 aromatic heterocycles. The van der Waals surface area contributed by atoms with Gasteiger partial charge < -0.3 is 5.32 Å². The Morgan fingerprint density at radius 1 is 1.06 bits per heavy atom. The molecule has 1 aromatic carbocycles. The van der Waals surface area contributed by atoms with Crippen molar-refractivity contribution in [1.29, 1.82) is 0 Å². The van der Waals surface area contributed by atoms with E-state index in [9.17, 15) is 0 Å². The average molecular weight is 213 g/mol. The third-order valence-corrected chi connectivity index (χ3v) is 2.79. The fourth-order valence-electron chi connectivity index (χ4n) is 1.73. The van der Waals surface area contributed by atoms with Gasteiger partial charge in [0, 0.05) is 25.0 Å². The topological polar surface area (TPSA) is 37.8 Å². The number of rotatable bonds is 2. The van der Waals surface area contributed by atoms with Crippen LogP contribution >= 0.6 is 0 Å². The lowest BCUT2D eigenvalue weighted by Gasteiger charge is -2.10. The van der Waals surface area contributed by atoms with Crippen molar-refractivity contribution in [2.24, 2.45) is 0 Å². The first-order valence-corrected chi connectivity index (χ1v) is 5.29. The van der Waals surface area contributed by atoms with E-state index < -0.39 is 0 Å². The van der Waals surface area contributed by atoms with Crippen molar-refractivity contribution in [2.75, 3.05) is 12.4 Å². The van der Waals surface area contributed by atoms with Crippen molar-refractivity contribution < 1.29 is 0 Å². The van der Waals surface area contributed by atoms with Crippen LogP contribution in [0.15, 0.2) is 30.6 Å². The van der Waals surface area contributed by atoms with Gasteiger partial charge in [-0.2, -0.15) is 0 Å². The van der Waals surface area contributed by atoms with E-state index in [0.717, 1.165) is 17.1 Å². The Hall–Kier alpha value is -1.90. The van der Waals surface area contributed by atoms with Crippen LogP contribution in [0.4, 0.5) is 5.82 Å². The Labute approximate surface area is 95.6 Å². The number of nitrogens with zero attached hydrogens (tertiary/aromatic N) is 2. The fraction of sp³-hybridized carbons (Fsp3) is 0.231. The molecule has 0 unspecified atom stereocenters. The average Bonchev–Trinajstić information content (AvgIpc) is 2.33. The zero-order valence-electron chi connectivity index (χ0n) is 9.78. The van der Waals surface area contributed by atoms with Crippen molar-refractivity contribution in [1.82, 2.24) is 9.97 Å². The Bertz CT molecular complexity index is 506. The third kappa shape index (κ3) is 1.76. The van der Waals surface area contributed by atoms with Gasteiger partial charge in [-0.1, -0.05) is 18.2 Å². The van der Waals surface area contributed by atoms with Gasteiger partial charge in [0.15, 0.2) is 5.82 Å². The van der Waals surface area contributed by atoms with Gasteiger partial charge in [-0.3, -0.25) is 4.98 Å². The van der Waals surface area contributed by atoms with Gasteiger partial charge >= 0.3 is 0 Å². The number of benzene rings is 1. The first kappa shape index (κ1) is 10.6. The van der Waals surface area contributed by atoms with Crippen molar-refractivity contribution in [3.63, 3.8) is 0 Å². The third-order valence-electron chi connectivity index (χ3n) is 2.79. The van der Waals surface area contributed by atoms with E-state index in [4.69, 9.17) is 0 Å². The summed E-state index contributed by atoms with van der Waals surface area (Å²) in [5, 5.41) is 3.07. The molecule has 0 saturated heterocycles. The molecule has 82 valence electrons. The highest BCUT2D eigenvalue weighted by Crippen LogP contribution is 2.27. The molecular weight excluding hydrogens is 198 g/mol. The van der Waals surface area contributed by atoms with E-state index in [1.165, 1.54) is 11.1 Å². The Kier molecular flexibility index (Phi) is 2.86. The largest absolute Gasteiger partial charge is 0.371 e. The summed E-state index contributed by atoms with van der Waals surface area (Å²) in [5.41, 5.74) is 4.56. The fourth-order valence-corrected chi connectivity index (χ4v) is 1.73. The van der Waals surface area contributed by atoms with Crippen LogP contribution in [0.1, 0.15) is 11.1 Å². The van der Waals surface area contributed by atoms with Crippen LogP contribution in [0, 0.1) is 13.8 Å². The minimum Gasteiger partial charge on any atom is -0.371 e. The smallest absolute Gasteiger partial charge is 0.152 e. The Balaban J connectivity index is 2.63. The number of nitrogens with one attached hydrogen (secondary N) is 1. The summed E-state index contributed by atoms with van der Waals surface area (Å²) in [5.74, 6) is 0.816. The van der Waals surface area contributed by atoms with Gasteiger partial charge in [-0.05, 0) is 25.0 Å². The SMILES string of the molecule is CNc1nccnc1-c1cccc(C)c1C. The second-order valence-electron chi connectivity index (χ2n) is 3.75. The molecule has 0 radical (unpaired) electrons. The molecule has 1 heterocycles. The van der Waals surface area contributed by atoms with Crippen molar-refractivity contribution in [2.45, 2.75) is 13.8 Å². The normalized spacial score (nSPS) is 10.2. The maximum absolute atomic E-state index is 4.40. The van der Waals surface area contributed by atoms with Crippen molar-refractivity contribution in [3.8, 4) is 11.3 Å². The summed E-state index contributed by atoms with van der Waals surface area (Å²) in [6, 6.07) is 6.23. The maximum atomic E-state index is 4.40. The molecule has 3 heteroatoms. The number of hydrogen-bond donors (Lipinski definition) is 1. The van der Waals surface area contributed by atoms with Crippen LogP contribution in [0.5, 0.6) is 0 Å². The van der Waals surface area contributed by atoms with Crippen LogP contribution in [0.25, 0.3) is 11.3 Å². The molecule has 0 aliphatic heterocycles. The Morgan fingerprint density at radius 3 is 2.56 bits per heavy atom. The molecule has 0 saturated carbocycles. The minimum atomic E-state index is 0.816. The molecular formula is C13H15N3. The van der Waals surface area contributed by atoms with Gasteiger partial charge in [0.25, 0.3) is 0 Å². The molecule has 16 heavy (non-hydrogen) atoms. The van der Waals surface area contributed by atoms with Gasteiger partial charge in [0.05, 0.1) is 0 Å². The van der Waals surface area contributed by atoms with Crippen LogP contribution in [0.2, 0.25) is 0 Å². The summed E-state index contributed by atoms with van der Waals surface area (Å²) in [4.78, 5) is 8.67. The highest BCUT2D eigenvalue weighted by Gasteiger charge is 2.09. The Morgan fingerprint density at radius 2 is 1.81 bits per heavy atom. The van der Waals surface area contributed by atoms with Crippen molar-refractivity contribution in [3.05, 3.63) is 41.7 Å². The van der Waals surface area contributed by atoms with E-state index in [-0.39, 0.29) is 0 Å². The molecule has 0 spiro atoms. The van der Waals surface area contributed by atoms with E-state index in [0.29, 0.717) is 0 Å². The monoisotopic (exact) mass is 213 g/mol. The molecule has 0 fully saturated rings. The molecule has 0 aliphatic rings. The number of aryl methyl sites for hydroxylation is 1. The van der Waals surface area contributed by atoms with Crippen LogP contribution in [0.3, 0.4) is 0 Å². The predicted octanol–water partition coefficient (Wildman–Crippen LogP) is 2.80.